The van der Waals surface area contributed by atoms with Crippen molar-refractivity contribution in [1.29, 1.82) is 0 Å². The fraction of sp³-hybridized carbons (Fsp3) is 0.316. The normalized spacial score (nSPS) is 13.0. The highest BCUT2D eigenvalue weighted by Crippen LogP contribution is 2.22. The zero-order valence-corrected chi connectivity index (χ0v) is 17.0. The Bertz CT molecular complexity index is 937. The van der Waals surface area contributed by atoms with Crippen LogP contribution in [-0.2, 0) is 14.8 Å². The van der Waals surface area contributed by atoms with E-state index in [0.717, 1.165) is 5.69 Å². The van der Waals surface area contributed by atoms with Gasteiger partial charge in [0, 0.05) is 19.8 Å². The van der Waals surface area contributed by atoms with Gasteiger partial charge >= 0.3 is 5.97 Å². The van der Waals surface area contributed by atoms with Crippen molar-refractivity contribution in [3.63, 3.8) is 0 Å². The maximum absolute atomic E-state index is 12.4. The second-order valence-corrected chi connectivity index (χ2v) is 8.50. The number of carboxylic acid groups (broad SMARTS) is 1. The molecule has 2 rings (SSSR count). The molecule has 0 amide bonds. The smallest absolute Gasteiger partial charge is 0.322 e. The molecule has 28 heavy (non-hydrogen) atoms. The van der Waals surface area contributed by atoms with Gasteiger partial charge in [0.05, 0.1) is 16.3 Å². The van der Waals surface area contributed by atoms with Crippen LogP contribution in [0.15, 0.2) is 63.7 Å². The van der Waals surface area contributed by atoms with Gasteiger partial charge in [-0.25, -0.2) is 8.42 Å². The van der Waals surface area contributed by atoms with Gasteiger partial charge in [-0.15, -0.1) is 0 Å². The molecule has 0 saturated heterocycles. The molecule has 0 aliphatic heterocycles. The lowest BCUT2D eigenvalue weighted by Crippen LogP contribution is -2.44. The molecule has 1 atom stereocenters. The molecule has 0 saturated carbocycles. The molecule has 0 spiro atoms. The van der Waals surface area contributed by atoms with Gasteiger partial charge in [-0.05, 0) is 54.4 Å². The lowest BCUT2D eigenvalue weighted by molar-refractivity contribution is -0.140. The van der Waals surface area contributed by atoms with Crippen molar-refractivity contribution in [2.24, 2.45) is 16.1 Å². The summed E-state index contributed by atoms with van der Waals surface area (Å²) >= 11 is 0. The van der Waals surface area contributed by atoms with Crippen LogP contribution in [0.4, 0.5) is 17.1 Å². The van der Waals surface area contributed by atoms with Crippen LogP contribution in [0.3, 0.4) is 0 Å². The summed E-state index contributed by atoms with van der Waals surface area (Å²) in [5.74, 6) is -1.61. The highest BCUT2D eigenvalue weighted by Gasteiger charge is 2.27. The van der Waals surface area contributed by atoms with Crippen molar-refractivity contribution < 1.29 is 18.3 Å². The van der Waals surface area contributed by atoms with Crippen molar-refractivity contribution >= 4 is 33.1 Å². The van der Waals surface area contributed by atoms with Gasteiger partial charge in [-0.1, -0.05) is 13.8 Å². The minimum Gasteiger partial charge on any atom is -0.480 e. The van der Waals surface area contributed by atoms with Crippen LogP contribution in [0.2, 0.25) is 0 Å². The molecule has 0 aliphatic carbocycles. The van der Waals surface area contributed by atoms with Gasteiger partial charge in [-0.2, -0.15) is 15.0 Å². The highest BCUT2D eigenvalue weighted by molar-refractivity contribution is 7.89. The second-order valence-electron chi connectivity index (χ2n) is 6.79. The summed E-state index contributed by atoms with van der Waals surface area (Å²) in [5, 5.41) is 17.4. The Labute approximate surface area is 165 Å². The molecule has 2 aromatic rings. The Hall–Kier alpha value is -2.78. The van der Waals surface area contributed by atoms with Crippen molar-refractivity contribution in [1.82, 2.24) is 4.72 Å². The molecular weight excluding hydrogens is 380 g/mol. The Morgan fingerprint density at radius 3 is 1.82 bits per heavy atom. The van der Waals surface area contributed by atoms with Crippen LogP contribution >= 0.6 is 0 Å². The number of carboxylic acids is 1. The highest BCUT2D eigenvalue weighted by atomic mass is 32.2. The second kappa shape index (κ2) is 8.94. The van der Waals surface area contributed by atoms with E-state index in [1.54, 1.807) is 13.8 Å². The number of aliphatic carboxylic acids is 1. The van der Waals surface area contributed by atoms with Gasteiger partial charge in [0.1, 0.15) is 6.04 Å². The van der Waals surface area contributed by atoms with E-state index in [-0.39, 0.29) is 10.8 Å². The number of hydrogen-bond acceptors (Lipinski definition) is 6. The summed E-state index contributed by atoms with van der Waals surface area (Å²) in [6.45, 7) is 3.27. The Balaban J connectivity index is 2.12. The zero-order chi connectivity index (χ0) is 20.9. The molecule has 0 fully saturated rings. The molecule has 2 aromatic carbocycles. The number of benzene rings is 2. The predicted molar refractivity (Wildman–Crippen MR) is 108 cm³/mol. The maximum atomic E-state index is 12.4. The number of rotatable bonds is 8. The molecule has 150 valence electrons. The average Bonchev–Trinajstić information content (AvgIpc) is 2.64. The van der Waals surface area contributed by atoms with Gasteiger partial charge in [0.15, 0.2) is 0 Å². The molecule has 0 radical (unpaired) electrons. The van der Waals surface area contributed by atoms with Crippen LogP contribution in [0.25, 0.3) is 0 Å². The number of anilines is 1. The maximum Gasteiger partial charge on any atom is 0.322 e. The van der Waals surface area contributed by atoms with Crippen LogP contribution in [0, 0.1) is 5.92 Å². The molecule has 0 unspecified atom stereocenters. The summed E-state index contributed by atoms with van der Waals surface area (Å²) in [6, 6.07) is 12.1. The van der Waals surface area contributed by atoms with E-state index in [1.807, 2.05) is 43.3 Å². The Morgan fingerprint density at radius 2 is 1.43 bits per heavy atom. The zero-order valence-electron chi connectivity index (χ0n) is 16.2. The van der Waals surface area contributed by atoms with E-state index in [4.69, 9.17) is 5.11 Å². The number of sulfonamides is 1. The first-order valence-electron chi connectivity index (χ1n) is 8.64. The van der Waals surface area contributed by atoms with Crippen LogP contribution in [-0.4, -0.2) is 39.6 Å². The van der Waals surface area contributed by atoms with Crippen molar-refractivity contribution in [2.45, 2.75) is 24.8 Å². The predicted octanol–water partition coefficient (Wildman–Crippen LogP) is 3.56. The van der Waals surface area contributed by atoms with Crippen LogP contribution in [0.5, 0.6) is 0 Å². The molecular formula is C19H24N4O4S. The van der Waals surface area contributed by atoms with E-state index in [1.165, 1.54) is 24.3 Å². The molecule has 8 nitrogen and oxygen atoms in total. The first-order chi connectivity index (χ1) is 13.1. The van der Waals surface area contributed by atoms with Crippen LogP contribution in [0.1, 0.15) is 13.8 Å². The molecule has 0 bridgehead atoms. The van der Waals surface area contributed by atoms with Gasteiger partial charge in [0.25, 0.3) is 0 Å². The van der Waals surface area contributed by atoms with E-state index >= 15 is 0 Å². The fourth-order valence-corrected chi connectivity index (χ4v) is 3.67. The summed E-state index contributed by atoms with van der Waals surface area (Å²) in [5.41, 5.74) is 2.20. The monoisotopic (exact) mass is 404 g/mol. The fourth-order valence-electron chi connectivity index (χ4n) is 2.33. The number of nitrogens with one attached hydrogen (secondary N) is 1. The summed E-state index contributed by atoms with van der Waals surface area (Å²) in [6.07, 6.45) is 0. The van der Waals surface area contributed by atoms with Crippen molar-refractivity contribution in [3.8, 4) is 0 Å². The molecule has 0 aromatic heterocycles. The quantitative estimate of drug-likeness (QED) is 0.654. The van der Waals surface area contributed by atoms with E-state index in [2.05, 4.69) is 15.0 Å². The SMILES string of the molecule is CC(C)[C@@H](NS(=O)(=O)c1ccc(N=Nc2ccc(N(C)C)cc2)cc1)C(=O)O. The number of nitrogens with zero attached hydrogens (tertiary/aromatic N) is 3. The van der Waals surface area contributed by atoms with Gasteiger partial charge in [-0.3, -0.25) is 4.79 Å². The molecule has 0 aliphatic rings. The van der Waals surface area contributed by atoms with Gasteiger partial charge in [0.2, 0.25) is 10.0 Å². The van der Waals surface area contributed by atoms with E-state index in [9.17, 15) is 13.2 Å². The Morgan fingerprint density at radius 1 is 0.964 bits per heavy atom. The standard InChI is InChI=1S/C19H24N4O4S/c1-13(2)18(19(24)25)22-28(26,27)17-11-7-15(8-12-17)21-20-14-5-9-16(10-6-14)23(3)4/h5-13,18,22H,1-4H3,(H,24,25)/t18-/m1/s1. The molecule has 9 heteroatoms. The Kier molecular flexibility index (Phi) is 6.87. The third kappa shape index (κ3) is 5.61. The van der Waals surface area contributed by atoms with E-state index < -0.39 is 22.0 Å². The summed E-state index contributed by atoms with van der Waals surface area (Å²) < 4.78 is 27.0. The summed E-state index contributed by atoms with van der Waals surface area (Å²) in [7, 11) is -0.0636. The molecule has 0 heterocycles. The number of hydrogen-bond donors (Lipinski definition) is 2. The number of carbonyl (C=O) groups is 1. The van der Waals surface area contributed by atoms with Crippen molar-refractivity contribution in [3.05, 3.63) is 48.5 Å². The first-order valence-corrected chi connectivity index (χ1v) is 10.1. The topological polar surface area (TPSA) is 111 Å². The van der Waals surface area contributed by atoms with E-state index in [0.29, 0.717) is 11.4 Å². The van der Waals surface area contributed by atoms with Gasteiger partial charge < -0.3 is 10.0 Å². The first kappa shape index (κ1) is 21.5. The number of azo groups is 1. The lowest BCUT2D eigenvalue weighted by atomic mass is 10.1. The van der Waals surface area contributed by atoms with Crippen LogP contribution < -0.4 is 9.62 Å². The molecule has 2 N–H and O–H groups in total. The lowest BCUT2D eigenvalue weighted by Gasteiger charge is -2.17. The minimum atomic E-state index is -3.95. The third-order valence-electron chi connectivity index (χ3n) is 4.01. The third-order valence-corrected chi connectivity index (χ3v) is 5.47. The van der Waals surface area contributed by atoms with Crippen molar-refractivity contribution in [2.75, 3.05) is 19.0 Å². The average molecular weight is 404 g/mol. The summed E-state index contributed by atoms with van der Waals surface area (Å²) in [4.78, 5) is 13.2. The largest absolute Gasteiger partial charge is 0.480 e. The minimum absolute atomic E-state index is 0.0336.